The molecule has 4 aromatic rings. The minimum absolute atomic E-state index is 0.730. The van der Waals surface area contributed by atoms with Crippen molar-refractivity contribution in [3.63, 3.8) is 0 Å². The van der Waals surface area contributed by atoms with Crippen LogP contribution in [-0.2, 0) is 5.75 Å². The summed E-state index contributed by atoms with van der Waals surface area (Å²) in [6.45, 7) is 0. The highest BCUT2D eigenvalue weighted by atomic mass is 32.2. The molecule has 1 N–H and O–H groups in total. The Kier molecular flexibility index (Phi) is 4.07. The molecule has 0 radical (unpaired) electrons. The summed E-state index contributed by atoms with van der Waals surface area (Å²) in [5, 5.41) is 20.0. The number of rotatable bonds is 5. The molecule has 0 amide bonds. The normalized spacial score (nSPS) is 10.8. The second-order valence-electron chi connectivity index (χ2n) is 5.13. The van der Waals surface area contributed by atoms with Crippen LogP contribution in [0.1, 0.15) is 5.56 Å². The quantitative estimate of drug-likeness (QED) is 0.567. The maximum atomic E-state index is 4.18. The van der Waals surface area contributed by atoms with Gasteiger partial charge in [0.1, 0.15) is 0 Å². The summed E-state index contributed by atoms with van der Waals surface area (Å²) < 4.78 is 1.74. The van der Waals surface area contributed by atoms with E-state index >= 15 is 0 Å². The zero-order chi connectivity index (χ0) is 16.2. The Labute approximate surface area is 142 Å². The van der Waals surface area contributed by atoms with Crippen molar-refractivity contribution in [2.75, 3.05) is 0 Å². The number of hydrogen-bond donors (Lipinski definition) is 1. The largest absolute Gasteiger partial charge is 0.278 e. The molecule has 2 aromatic heterocycles. The van der Waals surface area contributed by atoms with E-state index < -0.39 is 0 Å². The Morgan fingerprint density at radius 2 is 1.71 bits per heavy atom. The van der Waals surface area contributed by atoms with Crippen LogP contribution in [0.15, 0.2) is 72.0 Å². The van der Waals surface area contributed by atoms with Gasteiger partial charge in [-0.1, -0.05) is 60.3 Å². The molecule has 4 rings (SSSR count). The number of para-hydroxylation sites is 1. The van der Waals surface area contributed by atoms with Crippen molar-refractivity contribution in [2.45, 2.75) is 10.9 Å². The number of nitrogens with one attached hydrogen (secondary N) is 1. The number of thioether (sulfide) groups is 1. The predicted molar refractivity (Wildman–Crippen MR) is 92.7 cm³/mol. The van der Waals surface area contributed by atoms with E-state index in [9.17, 15) is 0 Å². The van der Waals surface area contributed by atoms with Crippen LogP contribution < -0.4 is 0 Å². The third kappa shape index (κ3) is 2.93. The van der Waals surface area contributed by atoms with Gasteiger partial charge < -0.3 is 0 Å². The van der Waals surface area contributed by atoms with Crippen molar-refractivity contribution in [1.29, 1.82) is 0 Å². The summed E-state index contributed by atoms with van der Waals surface area (Å²) in [6, 6.07) is 20.0. The number of tetrazole rings is 1. The van der Waals surface area contributed by atoms with E-state index in [0.717, 1.165) is 33.4 Å². The first kappa shape index (κ1) is 14.6. The van der Waals surface area contributed by atoms with Gasteiger partial charge in [-0.15, -0.1) is 5.10 Å². The summed E-state index contributed by atoms with van der Waals surface area (Å²) >= 11 is 1.58. The molecule has 0 spiro atoms. The molecule has 0 unspecified atom stereocenters. The van der Waals surface area contributed by atoms with Crippen LogP contribution in [0.3, 0.4) is 0 Å². The van der Waals surface area contributed by atoms with Crippen LogP contribution in [0, 0.1) is 0 Å². The number of hydrogen-bond acceptors (Lipinski definition) is 5. The molecule has 0 aliphatic heterocycles. The van der Waals surface area contributed by atoms with E-state index in [-0.39, 0.29) is 0 Å². The van der Waals surface area contributed by atoms with E-state index in [1.807, 2.05) is 54.7 Å². The van der Waals surface area contributed by atoms with Gasteiger partial charge in [-0.2, -0.15) is 9.78 Å². The summed E-state index contributed by atoms with van der Waals surface area (Å²) in [5.41, 5.74) is 4.21. The Bertz CT molecular complexity index is 839. The lowest BCUT2D eigenvalue weighted by molar-refractivity contribution is 0.756. The van der Waals surface area contributed by atoms with Crippen molar-refractivity contribution < 1.29 is 0 Å². The Hall–Kier alpha value is -2.93. The van der Waals surface area contributed by atoms with E-state index in [4.69, 9.17) is 0 Å². The van der Waals surface area contributed by atoms with Crippen molar-refractivity contribution in [1.82, 2.24) is 30.4 Å². The van der Waals surface area contributed by atoms with Gasteiger partial charge in [-0.25, -0.2) is 0 Å². The molecule has 6 nitrogen and oxygen atoms in total. The van der Waals surface area contributed by atoms with Gasteiger partial charge in [0.15, 0.2) is 0 Å². The maximum absolute atomic E-state index is 4.18. The minimum Gasteiger partial charge on any atom is -0.278 e. The minimum atomic E-state index is 0.730. The molecule has 0 aliphatic rings. The highest BCUT2D eigenvalue weighted by Crippen LogP contribution is 2.27. The second-order valence-corrected chi connectivity index (χ2v) is 6.08. The zero-order valence-electron chi connectivity index (χ0n) is 12.7. The lowest BCUT2D eigenvalue weighted by Crippen LogP contribution is -1.98. The van der Waals surface area contributed by atoms with Gasteiger partial charge in [0, 0.05) is 11.3 Å². The molecule has 24 heavy (non-hydrogen) atoms. The van der Waals surface area contributed by atoms with E-state index in [1.54, 1.807) is 16.4 Å². The number of H-pyrrole nitrogens is 1. The fourth-order valence-electron chi connectivity index (χ4n) is 2.42. The number of aromatic nitrogens is 6. The Morgan fingerprint density at radius 3 is 2.50 bits per heavy atom. The van der Waals surface area contributed by atoms with Crippen molar-refractivity contribution in [3.05, 3.63) is 72.4 Å². The van der Waals surface area contributed by atoms with Gasteiger partial charge in [-0.3, -0.25) is 5.10 Å². The van der Waals surface area contributed by atoms with Crippen LogP contribution in [-0.4, -0.2) is 30.4 Å². The topological polar surface area (TPSA) is 72.3 Å². The average molecular weight is 334 g/mol. The SMILES string of the molecule is c1ccc(-c2[nH]ncc2CSc2nnnn2-c2ccccc2)cc1. The Balaban J connectivity index is 1.56. The van der Waals surface area contributed by atoms with Gasteiger partial charge in [0.25, 0.3) is 0 Å². The second kappa shape index (κ2) is 6.67. The first-order chi connectivity index (χ1) is 11.9. The fraction of sp³-hybridized carbons (Fsp3) is 0.0588. The zero-order valence-corrected chi connectivity index (χ0v) is 13.5. The summed E-state index contributed by atoms with van der Waals surface area (Å²) in [7, 11) is 0. The maximum Gasteiger partial charge on any atom is 0.214 e. The molecule has 7 heteroatoms. The van der Waals surface area contributed by atoms with Crippen LogP contribution >= 0.6 is 11.8 Å². The highest BCUT2D eigenvalue weighted by Gasteiger charge is 2.12. The molecule has 0 atom stereocenters. The molecule has 0 aliphatic carbocycles. The van der Waals surface area contributed by atoms with E-state index in [0.29, 0.717) is 0 Å². The number of nitrogens with zero attached hydrogens (tertiary/aromatic N) is 5. The molecule has 2 aromatic carbocycles. The van der Waals surface area contributed by atoms with Crippen LogP contribution in [0.25, 0.3) is 16.9 Å². The predicted octanol–water partition coefficient (Wildman–Crippen LogP) is 3.34. The number of aromatic amines is 1. The molecule has 0 saturated heterocycles. The first-order valence-electron chi connectivity index (χ1n) is 7.46. The summed E-state index contributed by atoms with van der Waals surface area (Å²) in [6.07, 6.45) is 1.85. The lowest BCUT2D eigenvalue weighted by atomic mass is 10.1. The van der Waals surface area contributed by atoms with Crippen molar-refractivity contribution in [3.8, 4) is 16.9 Å². The molecular formula is C17H14N6S. The standard InChI is InChI=1S/C17H14N6S/c1-3-7-13(8-4-1)16-14(11-18-19-16)12-24-17-20-21-22-23(17)15-9-5-2-6-10-15/h1-11H,12H2,(H,18,19). The van der Waals surface area contributed by atoms with Crippen molar-refractivity contribution >= 4 is 11.8 Å². The highest BCUT2D eigenvalue weighted by molar-refractivity contribution is 7.98. The van der Waals surface area contributed by atoms with E-state index in [1.165, 1.54) is 0 Å². The smallest absolute Gasteiger partial charge is 0.214 e. The van der Waals surface area contributed by atoms with Gasteiger partial charge in [0.05, 0.1) is 17.6 Å². The molecule has 0 saturated carbocycles. The molecule has 2 heterocycles. The molecule has 0 fully saturated rings. The van der Waals surface area contributed by atoms with Crippen molar-refractivity contribution in [2.24, 2.45) is 0 Å². The first-order valence-corrected chi connectivity index (χ1v) is 8.44. The summed E-state index contributed by atoms with van der Waals surface area (Å²) in [4.78, 5) is 0. The van der Waals surface area contributed by atoms with Crippen LogP contribution in [0.2, 0.25) is 0 Å². The lowest BCUT2D eigenvalue weighted by Gasteiger charge is -2.05. The van der Waals surface area contributed by atoms with Gasteiger partial charge in [-0.05, 0) is 28.1 Å². The molecule has 0 bridgehead atoms. The van der Waals surface area contributed by atoms with Crippen LogP contribution in [0.4, 0.5) is 0 Å². The third-order valence-corrected chi connectivity index (χ3v) is 4.55. The van der Waals surface area contributed by atoms with E-state index in [2.05, 4.69) is 37.9 Å². The van der Waals surface area contributed by atoms with Crippen LogP contribution in [0.5, 0.6) is 0 Å². The molecular weight excluding hydrogens is 320 g/mol. The Morgan fingerprint density at radius 1 is 0.958 bits per heavy atom. The number of benzene rings is 2. The monoisotopic (exact) mass is 334 g/mol. The fourth-order valence-corrected chi connectivity index (χ4v) is 3.28. The van der Waals surface area contributed by atoms with Gasteiger partial charge in [0.2, 0.25) is 5.16 Å². The summed E-state index contributed by atoms with van der Waals surface area (Å²) in [5.74, 6) is 0.730. The van der Waals surface area contributed by atoms with Gasteiger partial charge >= 0.3 is 0 Å². The molecule has 118 valence electrons. The third-order valence-electron chi connectivity index (χ3n) is 3.58. The average Bonchev–Trinajstić information content (AvgIpc) is 3.30.